The molecule has 1 aromatic rings. The summed E-state index contributed by atoms with van der Waals surface area (Å²) in [6.45, 7) is 4.09. The molecule has 1 rings (SSSR count). The zero-order valence-electron chi connectivity index (χ0n) is 10.9. The van der Waals surface area contributed by atoms with Gasteiger partial charge >= 0.3 is 0 Å². The molecule has 1 heterocycles. The van der Waals surface area contributed by atoms with E-state index in [1.165, 1.54) is 0 Å². The monoisotopic (exact) mass is 306 g/mol. The molecule has 0 aliphatic rings. The summed E-state index contributed by atoms with van der Waals surface area (Å²) in [5, 5.41) is 5.69. The van der Waals surface area contributed by atoms with Gasteiger partial charge in [-0.1, -0.05) is 6.92 Å². The van der Waals surface area contributed by atoms with Crippen molar-refractivity contribution >= 4 is 38.1 Å². The smallest absolute Gasteiger partial charge is 0.239 e. The number of rotatable bonds is 7. The standard InChI is InChI=1S/C10H18N4O3S2/c1-3-5-19(16,17)8-9(11)14-18-10(8)13-6-7(15)12-4-2/h13H,3-6H2,1-2H3,(H2,11,14)(H,12,15). The number of likely N-dealkylation sites (N-methyl/N-ethyl adjacent to an activating group) is 1. The summed E-state index contributed by atoms with van der Waals surface area (Å²) in [7, 11) is -3.46. The quantitative estimate of drug-likeness (QED) is 0.674. The predicted molar refractivity (Wildman–Crippen MR) is 76.0 cm³/mol. The highest BCUT2D eigenvalue weighted by atomic mass is 32.2. The molecule has 0 spiro atoms. The molecule has 1 aromatic heterocycles. The van der Waals surface area contributed by atoms with Crippen LogP contribution in [0.15, 0.2) is 4.90 Å². The molecule has 0 saturated heterocycles. The Hall–Kier alpha value is -1.35. The Morgan fingerprint density at radius 2 is 2.11 bits per heavy atom. The predicted octanol–water partition coefficient (Wildman–Crippen LogP) is 0.457. The van der Waals surface area contributed by atoms with Crippen molar-refractivity contribution in [2.24, 2.45) is 0 Å². The van der Waals surface area contributed by atoms with Crippen LogP contribution in [0, 0.1) is 0 Å². The Kier molecular flexibility index (Phi) is 5.55. The van der Waals surface area contributed by atoms with Crippen LogP contribution in [0.2, 0.25) is 0 Å². The number of nitrogens with two attached hydrogens (primary N) is 1. The molecule has 0 radical (unpaired) electrons. The Morgan fingerprint density at radius 1 is 1.42 bits per heavy atom. The number of nitrogen functional groups attached to an aromatic ring is 1. The SMILES string of the molecule is CCCS(=O)(=O)c1c(N)nsc1NCC(=O)NCC. The van der Waals surface area contributed by atoms with E-state index in [1.54, 1.807) is 13.8 Å². The molecule has 1 amide bonds. The molecule has 0 aliphatic heterocycles. The zero-order chi connectivity index (χ0) is 14.5. The first kappa shape index (κ1) is 15.7. The molecular formula is C10H18N4O3S2. The second-order valence-corrected chi connectivity index (χ2v) is 6.67. The summed E-state index contributed by atoms with van der Waals surface area (Å²) in [6.07, 6.45) is 0.493. The van der Waals surface area contributed by atoms with Crippen molar-refractivity contribution in [2.75, 3.05) is 29.9 Å². The second kappa shape index (κ2) is 6.71. The minimum atomic E-state index is -3.46. The largest absolute Gasteiger partial charge is 0.382 e. The average molecular weight is 306 g/mol. The molecule has 19 heavy (non-hydrogen) atoms. The van der Waals surface area contributed by atoms with Gasteiger partial charge in [-0.05, 0) is 24.9 Å². The Labute approximate surface area is 116 Å². The van der Waals surface area contributed by atoms with Crippen molar-refractivity contribution in [3.8, 4) is 0 Å². The second-order valence-electron chi connectivity index (χ2n) is 3.85. The van der Waals surface area contributed by atoms with Gasteiger partial charge in [0.25, 0.3) is 0 Å². The van der Waals surface area contributed by atoms with Crippen molar-refractivity contribution in [1.82, 2.24) is 9.69 Å². The Morgan fingerprint density at radius 3 is 2.68 bits per heavy atom. The van der Waals surface area contributed by atoms with Crippen LogP contribution in [0.3, 0.4) is 0 Å². The fourth-order valence-electron chi connectivity index (χ4n) is 1.50. The Bertz CT molecular complexity index is 539. The van der Waals surface area contributed by atoms with Crippen LogP contribution in [0.25, 0.3) is 0 Å². The number of carbonyl (C=O) groups is 1. The molecule has 0 atom stereocenters. The normalized spacial score (nSPS) is 11.3. The number of sulfone groups is 1. The number of nitrogens with zero attached hydrogens (tertiary/aromatic N) is 1. The third-order valence-electron chi connectivity index (χ3n) is 2.24. The molecule has 0 unspecified atom stereocenters. The number of amides is 1. The van der Waals surface area contributed by atoms with Crippen molar-refractivity contribution < 1.29 is 13.2 Å². The molecule has 0 fully saturated rings. The third-order valence-corrected chi connectivity index (χ3v) is 5.17. The fourth-order valence-corrected chi connectivity index (χ4v) is 4.11. The highest BCUT2D eigenvalue weighted by molar-refractivity contribution is 7.91. The fraction of sp³-hybridized carbons (Fsp3) is 0.600. The number of hydrogen-bond acceptors (Lipinski definition) is 7. The summed E-state index contributed by atoms with van der Waals surface area (Å²) >= 11 is 0.944. The minimum absolute atomic E-state index is 0.00338. The molecule has 0 bridgehead atoms. The van der Waals surface area contributed by atoms with Crippen LogP contribution in [-0.4, -0.2) is 37.5 Å². The maximum absolute atomic E-state index is 12.1. The number of hydrogen-bond donors (Lipinski definition) is 3. The molecular weight excluding hydrogens is 288 g/mol. The molecule has 0 aliphatic carbocycles. The first-order valence-corrected chi connectivity index (χ1v) is 8.33. The van der Waals surface area contributed by atoms with Crippen LogP contribution in [-0.2, 0) is 14.6 Å². The Balaban J connectivity index is 2.89. The summed E-state index contributed by atoms with van der Waals surface area (Å²) in [6, 6.07) is 0. The maximum Gasteiger partial charge on any atom is 0.239 e. The summed E-state index contributed by atoms with van der Waals surface area (Å²) in [4.78, 5) is 11.3. The van der Waals surface area contributed by atoms with Crippen molar-refractivity contribution in [3.05, 3.63) is 0 Å². The van der Waals surface area contributed by atoms with Crippen molar-refractivity contribution in [3.63, 3.8) is 0 Å². The van der Waals surface area contributed by atoms with Gasteiger partial charge in [0.05, 0.1) is 12.3 Å². The van der Waals surface area contributed by atoms with Gasteiger partial charge in [-0.25, -0.2) is 8.42 Å². The van der Waals surface area contributed by atoms with E-state index in [9.17, 15) is 13.2 Å². The van der Waals surface area contributed by atoms with E-state index in [4.69, 9.17) is 5.73 Å². The lowest BCUT2D eigenvalue weighted by Crippen LogP contribution is -2.29. The molecule has 0 aromatic carbocycles. The maximum atomic E-state index is 12.1. The van der Waals surface area contributed by atoms with Gasteiger partial charge < -0.3 is 16.4 Å². The van der Waals surface area contributed by atoms with Crippen molar-refractivity contribution in [1.29, 1.82) is 0 Å². The topological polar surface area (TPSA) is 114 Å². The highest BCUT2D eigenvalue weighted by Gasteiger charge is 2.24. The van der Waals surface area contributed by atoms with Gasteiger partial charge in [-0.2, -0.15) is 4.37 Å². The van der Waals surface area contributed by atoms with E-state index in [-0.39, 0.29) is 28.9 Å². The van der Waals surface area contributed by atoms with Gasteiger partial charge in [-0.15, -0.1) is 0 Å². The van der Waals surface area contributed by atoms with Crippen LogP contribution in [0.5, 0.6) is 0 Å². The minimum Gasteiger partial charge on any atom is -0.382 e. The van der Waals surface area contributed by atoms with Gasteiger partial charge in [0.1, 0.15) is 9.90 Å². The van der Waals surface area contributed by atoms with Gasteiger partial charge in [0, 0.05) is 6.54 Å². The van der Waals surface area contributed by atoms with E-state index in [0.29, 0.717) is 18.0 Å². The summed E-state index contributed by atoms with van der Waals surface area (Å²) in [5.74, 6) is -0.226. The van der Waals surface area contributed by atoms with Crippen molar-refractivity contribution in [2.45, 2.75) is 25.2 Å². The molecule has 108 valence electrons. The molecule has 4 N–H and O–H groups in total. The number of anilines is 2. The van der Waals surface area contributed by atoms with E-state index in [1.807, 2.05) is 0 Å². The molecule has 9 heteroatoms. The lowest BCUT2D eigenvalue weighted by molar-refractivity contribution is -0.119. The average Bonchev–Trinajstić information content (AvgIpc) is 2.69. The van der Waals surface area contributed by atoms with E-state index in [0.717, 1.165) is 11.5 Å². The van der Waals surface area contributed by atoms with E-state index < -0.39 is 9.84 Å². The molecule has 7 nitrogen and oxygen atoms in total. The number of aromatic nitrogens is 1. The van der Waals surface area contributed by atoms with Crippen LogP contribution < -0.4 is 16.4 Å². The van der Waals surface area contributed by atoms with E-state index >= 15 is 0 Å². The van der Waals surface area contributed by atoms with Gasteiger partial charge in [-0.3, -0.25) is 4.79 Å². The van der Waals surface area contributed by atoms with Crippen LogP contribution in [0.1, 0.15) is 20.3 Å². The highest BCUT2D eigenvalue weighted by Crippen LogP contribution is 2.32. The van der Waals surface area contributed by atoms with Crippen LogP contribution in [0.4, 0.5) is 10.8 Å². The zero-order valence-corrected chi connectivity index (χ0v) is 12.5. The lowest BCUT2D eigenvalue weighted by Gasteiger charge is -2.07. The van der Waals surface area contributed by atoms with Gasteiger partial charge in [0.2, 0.25) is 5.91 Å². The van der Waals surface area contributed by atoms with Crippen LogP contribution >= 0.6 is 11.5 Å². The number of nitrogens with one attached hydrogen (secondary N) is 2. The summed E-state index contributed by atoms with van der Waals surface area (Å²) < 4.78 is 27.9. The number of carbonyl (C=O) groups excluding carboxylic acids is 1. The third kappa shape index (κ3) is 4.06. The lowest BCUT2D eigenvalue weighted by atomic mass is 10.5. The molecule has 0 saturated carbocycles. The first-order valence-electron chi connectivity index (χ1n) is 5.90. The summed E-state index contributed by atoms with van der Waals surface area (Å²) in [5.41, 5.74) is 5.60. The van der Waals surface area contributed by atoms with E-state index in [2.05, 4.69) is 15.0 Å². The van der Waals surface area contributed by atoms with Gasteiger partial charge in [0.15, 0.2) is 15.7 Å². The first-order chi connectivity index (χ1) is 8.92.